The maximum absolute atomic E-state index is 11.9. The van der Waals surface area contributed by atoms with Crippen LogP contribution in [0.3, 0.4) is 0 Å². The van der Waals surface area contributed by atoms with E-state index in [9.17, 15) is 9.59 Å². The number of aryl methyl sites for hydroxylation is 1. The van der Waals surface area contributed by atoms with Gasteiger partial charge in [0.2, 0.25) is 0 Å². The summed E-state index contributed by atoms with van der Waals surface area (Å²) in [5, 5.41) is 4.26. The van der Waals surface area contributed by atoms with E-state index in [0.29, 0.717) is 22.5 Å². The Hall–Kier alpha value is -2.81. The quantitative estimate of drug-likeness (QED) is 0.617. The van der Waals surface area contributed by atoms with E-state index in [1.54, 1.807) is 13.0 Å². The van der Waals surface area contributed by atoms with Crippen LogP contribution in [0.15, 0.2) is 20.2 Å². The van der Waals surface area contributed by atoms with Crippen LogP contribution in [0.25, 0.3) is 22.6 Å². The lowest BCUT2D eigenvalue weighted by Gasteiger charge is -2.34. The number of hydrogen-bond donors (Lipinski definition) is 3. The summed E-state index contributed by atoms with van der Waals surface area (Å²) in [6.07, 6.45) is 2.68. The molecule has 9 heteroatoms. The minimum atomic E-state index is -0.617. The van der Waals surface area contributed by atoms with Crippen LogP contribution in [0.2, 0.25) is 0 Å². The Morgan fingerprint density at radius 1 is 1.26 bits per heavy atom. The number of nitrogens with zero attached hydrogens (tertiary/aromatic N) is 3. The van der Waals surface area contributed by atoms with Crippen LogP contribution < -0.4 is 17.0 Å². The molecule has 1 saturated carbocycles. The maximum Gasteiger partial charge on any atom is 0.327 e. The van der Waals surface area contributed by atoms with Crippen molar-refractivity contribution in [2.24, 2.45) is 5.73 Å². The summed E-state index contributed by atoms with van der Waals surface area (Å²) >= 11 is 0. The number of aromatic amines is 2. The standard InChI is InChI=1S/C14H14N6O3/c1-6-5-7(16-9-8(6)10(21)18-13(22)17-9)11-19-12(20-23-11)14(15)3-2-4-14/h5H,2-4,15H2,1H3,(H2,16,17,18,21,22). The monoisotopic (exact) mass is 314 g/mol. The highest BCUT2D eigenvalue weighted by atomic mass is 16.5. The molecule has 1 fully saturated rings. The molecule has 118 valence electrons. The fourth-order valence-electron chi connectivity index (χ4n) is 2.77. The summed E-state index contributed by atoms with van der Waals surface area (Å²) in [6, 6.07) is 1.66. The zero-order valence-electron chi connectivity index (χ0n) is 12.3. The first-order valence-electron chi connectivity index (χ1n) is 7.24. The smallest absolute Gasteiger partial charge is 0.327 e. The fourth-order valence-corrected chi connectivity index (χ4v) is 2.77. The van der Waals surface area contributed by atoms with Gasteiger partial charge in [0.15, 0.2) is 5.82 Å². The molecule has 0 atom stereocenters. The molecule has 0 bridgehead atoms. The van der Waals surface area contributed by atoms with E-state index >= 15 is 0 Å². The third-order valence-electron chi connectivity index (χ3n) is 4.24. The number of fused-ring (bicyclic) bond motifs is 1. The van der Waals surface area contributed by atoms with Crippen molar-refractivity contribution in [3.8, 4) is 11.6 Å². The third kappa shape index (κ3) is 2.08. The Morgan fingerprint density at radius 3 is 2.74 bits per heavy atom. The molecule has 1 aliphatic carbocycles. The van der Waals surface area contributed by atoms with E-state index in [1.807, 2.05) is 0 Å². The van der Waals surface area contributed by atoms with Crippen molar-refractivity contribution in [2.45, 2.75) is 31.7 Å². The third-order valence-corrected chi connectivity index (χ3v) is 4.24. The van der Waals surface area contributed by atoms with E-state index in [-0.39, 0.29) is 11.5 Å². The summed E-state index contributed by atoms with van der Waals surface area (Å²) in [5.74, 6) is 0.667. The molecular weight excluding hydrogens is 300 g/mol. The van der Waals surface area contributed by atoms with Gasteiger partial charge >= 0.3 is 5.69 Å². The summed E-state index contributed by atoms with van der Waals surface area (Å²) in [5.41, 5.74) is 5.76. The van der Waals surface area contributed by atoms with E-state index in [1.165, 1.54) is 0 Å². The number of H-pyrrole nitrogens is 2. The molecule has 0 spiro atoms. The molecule has 0 aromatic carbocycles. The normalized spacial score (nSPS) is 16.4. The fraction of sp³-hybridized carbons (Fsp3) is 0.357. The van der Waals surface area contributed by atoms with Gasteiger partial charge in [-0.05, 0) is 37.8 Å². The second-order valence-corrected chi connectivity index (χ2v) is 5.89. The average molecular weight is 314 g/mol. The van der Waals surface area contributed by atoms with Gasteiger partial charge in [-0.1, -0.05) is 5.16 Å². The maximum atomic E-state index is 11.9. The lowest BCUT2D eigenvalue weighted by molar-refractivity contribution is 0.229. The van der Waals surface area contributed by atoms with Crippen molar-refractivity contribution in [3.63, 3.8) is 0 Å². The van der Waals surface area contributed by atoms with Gasteiger partial charge in [-0.15, -0.1) is 0 Å². The summed E-state index contributed by atoms with van der Waals surface area (Å²) < 4.78 is 5.26. The highest BCUT2D eigenvalue weighted by molar-refractivity contribution is 5.79. The second kappa shape index (κ2) is 4.59. The zero-order valence-corrected chi connectivity index (χ0v) is 12.3. The second-order valence-electron chi connectivity index (χ2n) is 5.89. The predicted octanol–water partition coefficient (Wildman–Crippen LogP) is 0.308. The molecule has 1 aliphatic rings. The van der Waals surface area contributed by atoms with Crippen LogP contribution in [-0.2, 0) is 5.54 Å². The minimum Gasteiger partial charge on any atom is -0.332 e. The van der Waals surface area contributed by atoms with Crippen molar-refractivity contribution in [2.75, 3.05) is 0 Å². The minimum absolute atomic E-state index is 0.180. The highest BCUT2D eigenvalue weighted by Gasteiger charge is 2.39. The first-order chi connectivity index (χ1) is 11.0. The van der Waals surface area contributed by atoms with Crippen molar-refractivity contribution in [1.29, 1.82) is 0 Å². The molecule has 3 aromatic heterocycles. The molecule has 0 radical (unpaired) electrons. The van der Waals surface area contributed by atoms with Gasteiger partial charge in [-0.3, -0.25) is 14.8 Å². The van der Waals surface area contributed by atoms with Crippen molar-refractivity contribution in [3.05, 3.63) is 38.3 Å². The van der Waals surface area contributed by atoms with Gasteiger partial charge in [-0.25, -0.2) is 9.78 Å². The molecule has 0 saturated heterocycles. The molecular formula is C14H14N6O3. The molecule has 3 aromatic rings. The van der Waals surface area contributed by atoms with Crippen LogP contribution in [0.4, 0.5) is 0 Å². The average Bonchev–Trinajstić information content (AvgIpc) is 2.93. The molecule has 0 aliphatic heterocycles. The van der Waals surface area contributed by atoms with Gasteiger partial charge in [-0.2, -0.15) is 4.98 Å². The van der Waals surface area contributed by atoms with Crippen LogP contribution in [0.1, 0.15) is 30.7 Å². The van der Waals surface area contributed by atoms with E-state index < -0.39 is 16.8 Å². The lowest BCUT2D eigenvalue weighted by atomic mass is 9.77. The molecule has 3 heterocycles. The largest absolute Gasteiger partial charge is 0.332 e. The Morgan fingerprint density at radius 2 is 2.04 bits per heavy atom. The Bertz CT molecular complexity index is 1030. The Balaban J connectivity index is 1.86. The van der Waals surface area contributed by atoms with Crippen LogP contribution in [-0.4, -0.2) is 25.1 Å². The number of aromatic nitrogens is 5. The summed E-state index contributed by atoms with van der Waals surface area (Å²) in [4.78, 5) is 36.6. The Kier molecular flexibility index (Phi) is 2.76. The first-order valence-corrected chi connectivity index (χ1v) is 7.24. The number of rotatable bonds is 2. The predicted molar refractivity (Wildman–Crippen MR) is 80.7 cm³/mol. The zero-order chi connectivity index (χ0) is 16.2. The number of pyridine rings is 1. The van der Waals surface area contributed by atoms with Gasteiger partial charge in [0.05, 0.1) is 10.9 Å². The summed E-state index contributed by atoms with van der Waals surface area (Å²) in [6.45, 7) is 1.74. The molecule has 4 N–H and O–H groups in total. The van der Waals surface area contributed by atoms with Crippen LogP contribution >= 0.6 is 0 Å². The summed E-state index contributed by atoms with van der Waals surface area (Å²) in [7, 11) is 0. The molecule has 0 amide bonds. The first kappa shape index (κ1) is 13.8. The van der Waals surface area contributed by atoms with Gasteiger partial charge < -0.3 is 10.3 Å². The molecule has 4 rings (SSSR count). The SMILES string of the molecule is Cc1cc(-c2nc(C3(N)CCC3)no2)nc2[nH]c(=O)[nH]c(=O)c12. The van der Waals surface area contributed by atoms with Crippen LogP contribution in [0.5, 0.6) is 0 Å². The topological polar surface area (TPSA) is 144 Å². The van der Waals surface area contributed by atoms with Gasteiger partial charge in [0, 0.05) is 0 Å². The Labute approximate surface area is 128 Å². The number of nitrogens with two attached hydrogens (primary N) is 1. The van der Waals surface area contributed by atoms with E-state index in [2.05, 4.69) is 25.1 Å². The number of hydrogen-bond acceptors (Lipinski definition) is 7. The van der Waals surface area contributed by atoms with E-state index in [4.69, 9.17) is 10.3 Å². The van der Waals surface area contributed by atoms with Crippen molar-refractivity contribution in [1.82, 2.24) is 25.1 Å². The van der Waals surface area contributed by atoms with Gasteiger partial charge in [0.25, 0.3) is 11.4 Å². The van der Waals surface area contributed by atoms with Gasteiger partial charge in [0.1, 0.15) is 11.3 Å². The molecule has 9 nitrogen and oxygen atoms in total. The number of nitrogens with one attached hydrogen (secondary N) is 2. The van der Waals surface area contributed by atoms with E-state index in [0.717, 1.165) is 19.3 Å². The van der Waals surface area contributed by atoms with Crippen molar-refractivity contribution >= 4 is 11.0 Å². The van der Waals surface area contributed by atoms with Crippen LogP contribution in [0, 0.1) is 6.92 Å². The highest BCUT2D eigenvalue weighted by Crippen LogP contribution is 2.37. The lowest BCUT2D eigenvalue weighted by Crippen LogP contribution is -2.44. The van der Waals surface area contributed by atoms with Crippen molar-refractivity contribution < 1.29 is 4.52 Å². The molecule has 23 heavy (non-hydrogen) atoms. The molecule has 0 unspecified atom stereocenters.